The van der Waals surface area contributed by atoms with Crippen molar-refractivity contribution in [2.45, 2.75) is 46.2 Å². The molecule has 0 saturated carbocycles. The third kappa shape index (κ3) is 7.10. The Bertz CT molecular complexity index is 1140. The van der Waals surface area contributed by atoms with E-state index in [1.165, 1.54) is 4.90 Å². The second-order valence-corrected chi connectivity index (χ2v) is 11.1. The molecule has 2 amide bonds. The number of carbonyl (C=O) groups excluding carboxylic acids is 2. The van der Waals surface area contributed by atoms with E-state index in [1.807, 2.05) is 26.0 Å². The lowest BCUT2D eigenvalue weighted by molar-refractivity contribution is -0.139. The summed E-state index contributed by atoms with van der Waals surface area (Å²) in [5.41, 5.74) is 1.82. The van der Waals surface area contributed by atoms with Gasteiger partial charge in [-0.25, -0.2) is 8.42 Å². The number of nitrogens with one attached hydrogen (secondary N) is 1. The highest BCUT2D eigenvalue weighted by molar-refractivity contribution is 7.92. The number of halogens is 2. The van der Waals surface area contributed by atoms with Crippen LogP contribution < -0.4 is 9.62 Å². The Morgan fingerprint density at radius 1 is 1.06 bits per heavy atom. The first kappa shape index (κ1) is 28.0. The van der Waals surface area contributed by atoms with Gasteiger partial charge in [0.1, 0.15) is 12.6 Å². The van der Waals surface area contributed by atoms with Crippen LogP contribution in [0.5, 0.6) is 0 Å². The molecule has 0 heterocycles. The maximum atomic E-state index is 13.6. The van der Waals surface area contributed by atoms with E-state index < -0.39 is 28.5 Å². The number of hydrogen-bond donors (Lipinski definition) is 1. The van der Waals surface area contributed by atoms with E-state index in [2.05, 4.69) is 5.32 Å². The van der Waals surface area contributed by atoms with Crippen LogP contribution in [0, 0.1) is 0 Å². The SMILES string of the molecule is CCNC(=O)[C@H](C)N(Cc1ccc(Cl)cc1Cl)C(=O)CN(c1ccccc1C(C)C)S(C)(=O)=O. The molecule has 2 rings (SSSR count). The smallest absolute Gasteiger partial charge is 0.244 e. The zero-order chi connectivity index (χ0) is 25.6. The normalized spacial score (nSPS) is 12.4. The molecule has 7 nitrogen and oxygen atoms in total. The van der Waals surface area contributed by atoms with E-state index >= 15 is 0 Å². The molecular formula is C24H31Cl2N3O4S. The third-order valence-corrected chi connectivity index (χ3v) is 7.09. The molecule has 2 aromatic rings. The van der Waals surface area contributed by atoms with Crippen molar-refractivity contribution in [1.82, 2.24) is 10.2 Å². The fraction of sp³-hybridized carbons (Fsp3) is 0.417. The zero-order valence-electron chi connectivity index (χ0n) is 20.0. The van der Waals surface area contributed by atoms with Crippen molar-refractivity contribution >= 4 is 50.7 Å². The summed E-state index contributed by atoms with van der Waals surface area (Å²) in [6, 6.07) is 11.1. The van der Waals surface area contributed by atoms with Crippen LogP contribution in [0.2, 0.25) is 10.0 Å². The van der Waals surface area contributed by atoms with Gasteiger partial charge >= 0.3 is 0 Å². The Kier molecular flexibility index (Phi) is 9.79. The van der Waals surface area contributed by atoms with Gasteiger partial charge in [0.05, 0.1) is 11.9 Å². The van der Waals surface area contributed by atoms with Gasteiger partial charge in [-0.3, -0.25) is 13.9 Å². The van der Waals surface area contributed by atoms with Gasteiger partial charge in [0.15, 0.2) is 0 Å². The van der Waals surface area contributed by atoms with Gasteiger partial charge in [-0.15, -0.1) is 0 Å². The van der Waals surface area contributed by atoms with Crippen molar-refractivity contribution in [3.05, 3.63) is 63.6 Å². The maximum Gasteiger partial charge on any atom is 0.244 e. The summed E-state index contributed by atoms with van der Waals surface area (Å²) in [4.78, 5) is 27.5. The summed E-state index contributed by atoms with van der Waals surface area (Å²) in [7, 11) is -3.80. The lowest BCUT2D eigenvalue weighted by Gasteiger charge is -2.32. The molecule has 2 aromatic carbocycles. The van der Waals surface area contributed by atoms with Crippen LogP contribution in [0.25, 0.3) is 0 Å². The predicted octanol–water partition coefficient (Wildman–Crippen LogP) is 4.44. The number of carbonyl (C=O) groups is 2. The van der Waals surface area contributed by atoms with Gasteiger partial charge in [0.2, 0.25) is 21.8 Å². The van der Waals surface area contributed by atoms with Crippen LogP contribution in [0.3, 0.4) is 0 Å². The predicted molar refractivity (Wildman–Crippen MR) is 138 cm³/mol. The first-order chi connectivity index (χ1) is 15.9. The molecule has 0 aliphatic rings. The number of likely N-dealkylation sites (N-methyl/N-ethyl adjacent to an activating group) is 1. The van der Waals surface area contributed by atoms with E-state index in [-0.39, 0.29) is 18.4 Å². The van der Waals surface area contributed by atoms with E-state index in [1.54, 1.807) is 44.2 Å². The van der Waals surface area contributed by atoms with Crippen LogP contribution in [0.1, 0.15) is 44.7 Å². The number of amides is 2. The molecule has 186 valence electrons. The molecule has 0 unspecified atom stereocenters. The van der Waals surface area contributed by atoms with Crippen molar-refractivity contribution in [2.75, 3.05) is 23.7 Å². The average Bonchev–Trinajstić information content (AvgIpc) is 2.75. The van der Waals surface area contributed by atoms with Crippen LogP contribution in [-0.2, 0) is 26.2 Å². The number of anilines is 1. The van der Waals surface area contributed by atoms with E-state index in [4.69, 9.17) is 23.2 Å². The Hall–Kier alpha value is -2.29. The van der Waals surface area contributed by atoms with Crippen LogP contribution in [0.15, 0.2) is 42.5 Å². The van der Waals surface area contributed by atoms with Gasteiger partial charge in [0.25, 0.3) is 0 Å². The first-order valence-corrected chi connectivity index (χ1v) is 13.5. The van der Waals surface area contributed by atoms with E-state index in [0.717, 1.165) is 16.1 Å². The standard InChI is InChI=1S/C24H31Cl2N3O4S/c1-6-27-24(31)17(4)28(14-18-11-12-19(25)13-21(18)26)23(30)15-29(34(5,32)33)22-10-8-7-9-20(22)16(2)3/h7-13,16-17H,6,14-15H2,1-5H3,(H,27,31)/t17-/m0/s1. The summed E-state index contributed by atoms with van der Waals surface area (Å²) in [6.07, 6.45) is 1.06. The van der Waals surface area contributed by atoms with Gasteiger partial charge in [-0.1, -0.05) is 61.3 Å². The zero-order valence-corrected chi connectivity index (χ0v) is 22.3. The second kappa shape index (κ2) is 11.9. The van der Waals surface area contributed by atoms with Crippen LogP contribution in [-0.4, -0.2) is 50.5 Å². The van der Waals surface area contributed by atoms with Crippen molar-refractivity contribution in [3.8, 4) is 0 Å². The highest BCUT2D eigenvalue weighted by Crippen LogP contribution is 2.29. The Morgan fingerprint density at radius 2 is 1.71 bits per heavy atom. The van der Waals surface area contributed by atoms with Gasteiger partial charge in [0, 0.05) is 23.1 Å². The molecule has 10 heteroatoms. The first-order valence-electron chi connectivity index (χ1n) is 10.9. The van der Waals surface area contributed by atoms with Crippen LogP contribution >= 0.6 is 23.2 Å². The lowest BCUT2D eigenvalue weighted by atomic mass is 10.0. The fourth-order valence-corrected chi connectivity index (χ4v) is 4.87. The molecule has 34 heavy (non-hydrogen) atoms. The topological polar surface area (TPSA) is 86.8 Å². The minimum atomic E-state index is -3.80. The van der Waals surface area contributed by atoms with E-state index in [9.17, 15) is 18.0 Å². The highest BCUT2D eigenvalue weighted by atomic mass is 35.5. The number of rotatable bonds is 10. The largest absolute Gasteiger partial charge is 0.355 e. The average molecular weight is 529 g/mol. The molecule has 0 spiro atoms. The highest BCUT2D eigenvalue weighted by Gasteiger charge is 2.31. The third-order valence-electron chi connectivity index (χ3n) is 5.38. The molecular weight excluding hydrogens is 497 g/mol. The second-order valence-electron chi connectivity index (χ2n) is 8.31. The number of nitrogens with zero attached hydrogens (tertiary/aromatic N) is 2. The molecule has 1 N–H and O–H groups in total. The molecule has 1 atom stereocenters. The molecule has 0 aliphatic heterocycles. The molecule has 0 aromatic heterocycles. The summed E-state index contributed by atoms with van der Waals surface area (Å²) < 4.78 is 26.6. The minimum absolute atomic E-state index is 0.0105. The Balaban J connectivity index is 2.48. The molecule has 0 fully saturated rings. The maximum absolute atomic E-state index is 13.6. The quantitative estimate of drug-likeness (QED) is 0.494. The van der Waals surface area contributed by atoms with Crippen LogP contribution in [0.4, 0.5) is 5.69 Å². The van der Waals surface area contributed by atoms with Gasteiger partial charge in [-0.05, 0) is 49.1 Å². The van der Waals surface area contributed by atoms with Gasteiger partial charge in [-0.2, -0.15) is 0 Å². The monoisotopic (exact) mass is 527 g/mol. The van der Waals surface area contributed by atoms with Crippen molar-refractivity contribution in [1.29, 1.82) is 0 Å². The lowest BCUT2D eigenvalue weighted by Crippen LogP contribution is -2.51. The Morgan fingerprint density at radius 3 is 2.26 bits per heavy atom. The summed E-state index contributed by atoms with van der Waals surface area (Å²) in [5, 5.41) is 3.50. The fourth-order valence-electron chi connectivity index (χ4n) is 3.54. The minimum Gasteiger partial charge on any atom is -0.355 e. The van der Waals surface area contributed by atoms with E-state index in [0.29, 0.717) is 27.8 Å². The van der Waals surface area contributed by atoms with Crippen molar-refractivity contribution in [3.63, 3.8) is 0 Å². The summed E-state index contributed by atoms with van der Waals surface area (Å²) in [5.74, 6) is -0.850. The van der Waals surface area contributed by atoms with Gasteiger partial charge < -0.3 is 10.2 Å². The molecule has 0 saturated heterocycles. The molecule has 0 radical (unpaired) electrons. The molecule has 0 bridgehead atoms. The Labute approximate surface area is 212 Å². The number of para-hydroxylation sites is 1. The molecule has 0 aliphatic carbocycles. The number of hydrogen-bond acceptors (Lipinski definition) is 4. The van der Waals surface area contributed by atoms with Crippen molar-refractivity contribution in [2.24, 2.45) is 0 Å². The number of benzene rings is 2. The number of sulfonamides is 1. The summed E-state index contributed by atoms with van der Waals surface area (Å²) in [6.45, 7) is 7.22. The van der Waals surface area contributed by atoms with Crippen molar-refractivity contribution < 1.29 is 18.0 Å². The summed E-state index contributed by atoms with van der Waals surface area (Å²) >= 11 is 12.3.